The maximum atomic E-state index is 11.0. The van der Waals surface area contributed by atoms with Crippen LogP contribution < -0.4 is 5.32 Å². The van der Waals surface area contributed by atoms with Crippen LogP contribution in [-0.2, 0) is 14.3 Å². The number of esters is 1. The molecule has 1 rings (SSSR count). The Kier molecular flexibility index (Phi) is 6.67. The smallest absolute Gasteiger partial charge is 0.306 e. The third kappa shape index (κ3) is 5.97. The van der Waals surface area contributed by atoms with Crippen molar-refractivity contribution in [2.75, 3.05) is 52.9 Å². The van der Waals surface area contributed by atoms with Crippen molar-refractivity contribution in [3.8, 4) is 0 Å². The van der Waals surface area contributed by atoms with Crippen molar-refractivity contribution in [3.05, 3.63) is 0 Å². The van der Waals surface area contributed by atoms with Crippen molar-refractivity contribution in [2.45, 2.75) is 13.3 Å². The van der Waals surface area contributed by atoms with Crippen LogP contribution >= 0.6 is 0 Å². The SMILES string of the molecule is COC(=O)CCN1CCN(CCNC(C)=O)CC1. The summed E-state index contributed by atoms with van der Waals surface area (Å²) in [6, 6.07) is 0. The van der Waals surface area contributed by atoms with Gasteiger partial charge in [0.25, 0.3) is 0 Å². The number of carbonyl (C=O) groups is 2. The number of hydrogen-bond acceptors (Lipinski definition) is 5. The number of nitrogens with one attached hydrogen (secondary N) is 1. The highest BCUT2D eigenvalue weighted by Crippen LogP contribution is 2.02. The zero-order chi connectivity index (χ0) is 13.4. The number of rotatable bonds is 6. The van der Waals surface area contributed by atoms with Crippen LogP contribution in [0, 0.1) is 0 Å². The van der Waals surface area contributed by atoms with E-state index in [9.17, 15) is 9.59 Å². The first-order valence-electron chi connectivity index (χ1n) is 6.38. The van der Waals surface area contributed by atoms with Crippen LogP contribution in [0.3, 0.4) is 0 Å². The highest BCUT2D eigenvalue weighted by molar-refractivity contribution is 5.72. The van der Waals surface area contributed by atoms with E-state index in [0.717, 1.165) is 39.3 Å². The van der Waals surface area contributed by atoms with Gasteiger partial charge in [0.05, 0.1) is 13.5 Å². The molecule has 0 aromatic heterocycles. The molecule has 1 amide bonds. The predicted octanol–water partition coefficient (Wildman–Crippen LogP) is -0.697. The van der Waals surface area contributed by atoms with Crippen LogP contribution in [0.15, 0.2) is 0 Å². The lowest BCUT2D eigenvalue weighted by molar-refractivity contribution is -0.141. The summed E-state index contributed by atoms with van der Waals surface area (Å²) in [7, 11) is 1.42. The normalized spacial score (nSPS) is 17.4. The Morgan fingerprint density at radius 1 is 1.11 bits per heavy atom. The molecule has 18 heavy (non-hydrogen) atoms. The van der Waals surface area contributed by atoms with E-state index in [0.29, 0.717) is 13.0 Å². The minimum atomic E-state index is -0.150. The zero-order valence-electron chi connectivity index (χ0n) is 11.3. The third-order valence-electron chi connectivity index (χ3n) is 3.13. The minimum absolute atomic E-state index is 0.0201. The van der Waals surface area contributed by atoms with Crippen LogP contribution in [0.1, 0.15) is 13.3 Å². The first-order chi connectivity index (χ1) is 8.61. The van der Waals surface area contributed by atoms with Crippen molar-refractivity contribution in [3.63, 3.8) is 0 Å². The zero-order valence-corrected chi connectivity index (χ0v) is 11.3. The van der Waals surface area contributed by atoms with E-state index in [2.05, 4.69) is 19.9 Å². The van der Waals surface area contributed by atoms with Gasteiger partial charge >= 0.3 is 5.97 Å². The third-order valence-corrected chi connectivity index (χ3v) is 3.13. The summed E-state index contributed by atoms with van der Waals surface area (Å²) >= 11 is 0. The minimum Gasteiger partial charge on any atom is -0.469 e. The molecule has 0 unspecified atom stereocenters. The summed E-state index contributed by atoms with van der Waals surface area (Å²) in [6.45, 7) is 7.81. The molecule has 0 spiro atoms. The van der Waals surface area contributed by atoms with E-state index in [1.165, 1.54) is 14.0 Å². The number of nitrogens with zero attached hydrogens (tertiary/aromatic N) is 2. The number of piperazine rings is 1. The van der Waals surface area contributed by atoms with Gasteiger partial charge in [0.2, 0.25) is 5.91 Å². The summed E-state index contributed by atoms with van der Waals surface area (Å²) in [5, 5.41) is 2.80. The first kappa shape index (κ1) is 14.9. The van der Waals surface area contributed by atoms with Crippen LogP contribution in [-0.4, -0.2) is 74.6 Å². The van der Waals surface area contributed by atoms with Gasteiger partial charge in [-0.05, 0) is 0 Å². The van der Waals surface area contributed by atoms with E-state index in [4.69, 9.17) is 0 Å². The molecule has 0 radical (unpaired) electrons. The molecule has 0 aliphatic carbocycles. The molecule has 0 atom stereocenters. The Balaban J connectivity index is 2.09. The van der Waals surface area contributed by atoms with Gasteiger partial charge in [-0.3, -0.25) is 14.5 Å². The van der Waals surface area contributed by atoms with Gasteiger partial charge in [0, 0.05) is 52.7 Å². The fourth-order valence-electron chi connectivity index (χ4n) is 1.98. The maximum Gasteiger partial charge on any atom is 0.306 e. The quantitative estimate of drug-likeness (QED) is 0.638. The van der Waals surface area contributed by atoms with E-state index >= 15 is 0 Å². The first-order valence-corrected chi connectivity index (χ1v) is 6.38. The second-order valence-electron chi connectivity index (χ2n) is 4.49. The number of carbonyl (C=O) groups excluding carboxylic acids is 2. The molecule has 6 nitrogen and oxygen atoms in total. The molecule has 1 saturated heterocycles. The van der Waals surface area contributed by atoms with Crippen LogP contribution in [0.5, 0.6) is 0 Å². The second-order valence-corrected chi connectivity index (χ2v) is 4.49. The van der Waals surface area contributed by atoms with Crippen molar-refractivity contribution in [2.24, 2.45) is 0 Å². The Bertz CT molecular complexity index is 276. The maximum absolute atomic E-state index is 11.0. The molecular weight excluding hydrogens is 234 g/mol. The van der Waals surface area contributed by atoms with Gasteiger partial charge in [-0.1, -0.05) is 0 Å². The summed E-state index contributed by atoms with van der Waals surface area (Å²) in [5.41, 5.74) is 0. The Morgan fingerprint density at radius 3 is 2.17 bits per heavy atom. The fraction of sp³-hybridized carbons (Fsp3) is 0.833. The molecule has 0 aromatic rings. The summed E-state index contributed by atoms with van der Waals surface area (Å²) in [5.74, 6) is -0.130. The topological polar surface area (TPSA) is 61.9 Å². The number of amides is 1. The van der Waals surface area contributed by atoms with Crippen LogP contribution in [0.25, 0.3) is 0 Å². The largest absolute Gasteiger partial charge is 0.469 e. The molecule has 0 saturated carbocycles. The summed E-state index contributed by atoms with van der Waals surface area (Å²) in [6.07, 6.45) is 0.461. The fourth-order valence-corrected chi connectivity index (χ4v) is 1.98. The van der Waals surface area contributed by atoms with Gasteiger partial charge in [-0.2, -0.15) is 0 Å². The lowest BCUT2D eigenvalue weighted by Gasteiger charge is -2.34. The number of ether oxygens (including phenoxy) is 1. The Hall–Kier alpha value is -1.14. The highest BCUT2D eigenvalue weighted by Gasteiger charge is 2.17. The Labute approximate surface area is 108 Å². The van der Waals surface area contributed by atoms with E-state index in [-0.39, 0.29) is 11.9 Å². The Morgan fingerprint density at radius 2 is 1.67 bits per heavy atom. The van der Waals surface area contributed by atoms with E-state index in [1.54, 1.807) is 0 Å². The molecule has 0 aromatic carbocycles. The van der Waals surface area contributed by atoms with Gasteiger partial charge in [-0.25, -0.2) is 0 Å². The lowest BCUT2D eigenvalue weighted by atomic mass is 10.3. The van der Waals surface area contributed by atoms with Gasteiger partial charge in [0.15, 0.2) is 0 Å². The molecular formula is C12H23N3O3. The summed E-state index contributed by atoms with van der Waals surface area (Å²) in [4.78, 5) is 26.4. The monoisotopic (exact) mass is 257 g/mol. The highest BCUT2D eigenvalue weighted by atomic mass is 16.5. The molecule has 1 heterocycles. The molecule has 1 fully saturated rings. The molecule has 6 heteroatoms. The second kappa shape index (κ2) is 8.05. The van der Waals surface area contributed by atoms with Gasteiger partial charge in [-0.15, -0.1) is 0 Å². The number of hydrogen-bond donors (Lipinski definition) is 1. The molecule has 0 bridgehead atoms. The van der Waals surface area contributed by atoms with Crippen LogP contribution in [0.4, 0.5) is 0 Å². The number of methoxy groups -OCH3 is 1. The average molecular weight is 257 g/mol. The van der Waals surface area contributed by atoms with E-state index in [1.807, 2.05) is 0 Å². The van der Waals surface area contributed by atoms with Crippen molar-refractivity contribution < 1.29 is 14.3 Å². The molecule has 104 valence electrons. The lowest BCUT2D eigenvalue weighted by Crippen LogP contribution is -2.48. The standard InChI is InChI=1S/C12H23N3O3/c1-11(16)13-4-6-15-9-7-14(8-10-15)5-3-12(17)18-2/h3-10H2,1-2H3,(H,13,16). The average Bonchev–Trinajstić information content (AvgIpc) is 2.37. The predicted molar refractivity (Wildman–Crippen MR) is 68.2 cm³/mol. The van der Waals surface area contributed by atoms with Crippen molar-refractivity contribution in [1.82, 2.24) is 15.1 Å². The summed E-state index contributed by atoms with van der Waals surface area (Å²) < 4.78 is 4.62. The van der Waals surface area contributed by atoms with Crippen LogP contribution in [0.2, 0.25) is 0 Å². The molecule has 1 N–H and O–H groups in total. The van der Waals surface area contributed by atoms with Gasteiger partial charge in [0.1, 0.15) is 0 Å². The van der Waals surface area contributed by atoms with Gasteiger partial charge < -0.3 is 15.0 Å². The van der Waals surface area contributed by atoms with Crippen molar-refractivity contribution >= 4 is 11.9 Å². The molecule has 1 aliphatic heterocycles. The molecule has 1 aliphatic rings. The van der Waals surface area contributed by atoms with E-state index < -0.39 is 0 Å². The van der Waals surface area contributed by atoms with Crippen molar-refractivity contribution in [1.29, 1.82) is 0 Å².